The fourth-order valence-electron chi connectivity index (χ4n) is 1.73. The van der Waals surface area contributed by atoms with E-state index < -0.39 is 0 Å². The molecule has 1 amide bonds. The Kier molecular flexibility index (Phi) is 10.5. The first-order chi connectivity index (χ1) is 7.76. The molecule has 3 heteroatoms. The zero-order valence-electron chi connectivity index (χ0n) is 11.0. The van der Waals surface area contributed by atoms with Crippen LogP contribution in [0.5, 0.6) is 0 Å². The molecule has 0 heterocycles. The number of unbranched alkanes of at least 4 members (excludes halogenated alkanes) is 4. The molecule has 3 nitrogen and oxygen atoms in total. The maximum atomic E-state index is 11.9. The van der Waals surface area contributed by atoms with Crippen molar-refractivity contribution < 1.29 is 4.79 Å². The van der Waals surface area contributed by atoms with Crippen molar-refractivity contribution in [2.24, 2.45) is 5.73 Å². The Bertz CT molecular complexity index is 171. The van der Waals surface area contributed by atoms with Gasteiger partial charge in [-0.3, -0.25) is 4.79 Å². The second kappa shape index (κ2) is 10.9. The molecule has 0 aromatic heterocycles. The molecule has 0 aliphatic rings. The first-order valence-electron chi connectivity index (χ1n) is 6.74. The van der Waals surface area contributed by atoms with Crippen LogP contribution in [0.25, 0.3) is 0 Å². The Balaban J connectivity index is 3.77. The largest absolute Gasteiger partial charge is 0.341 e. The molecule has 0 aromatic rings. The Morgan fingerprint density at radius 1 is 1.00 bits per heavy atom. The molecule has 2 N–H and O–H groups in total. The minimum Gasteiger partial charge on any atom is -0.341 e. The van der Waals surface area contributed by atoms with Crippen molar-refractivity contribution >= 4 is 5.91 Å². The lowest BCUT2D eigenvalue weighted by Crippen LogP contribution is -2.35. The first-order valence-corrected chi connectivity index (χ1v) is 6.74. The maximum absolute atomic E-state index is 11.9. The van der Waals surface area contributed by atoms with Crippen molar-refractivity contribution in [2.45, 2.75) is 58.8 Å². The molecule has 0 spiro atoms. The van der Waals surface area contributed by atoms with E-state index in [2.05, 4.69) is 13.8 Å². The average molecular weight is 228 g/mol. The zero-order valence-corrected chi connectivity index (χ0v) is 11.0. The standard InChI is InChI=1S/C13H28N2O/c1-3-5-7-8-9-13(16)15(12-10-14)11-6-4-2/h3-12,14H2,1-2H3. The molecule has 0 radical (unpaired) electrons. The van der Waals surface area contributed by atoms with Crippen molar-refractivity contribution in [3.8, 4) is 0 Å². The molecule has 0 atom stereocenters. The van der Waals surface area contributed by atoms with Gasteiger partial charge in [-0.25, -0.2) is 0 Å². The summed E-state index contributed by atoms with van der Waals surface area (Å²) in [4.78, 5) is 13.8. The lowest BCUT2D eigenvalue weighted by Gasteiger charge is -2.21. The molecule has 0 fully saturated rings. The molecule has 0 aromatic carbocycles. The Morgan fingerprint density at radius 2 is 1.69 bits per heavy atom. The Hall–Kier alpha value is -0.570. The van der Waals surface area contributed by atoms with E-state index in [4.69, 9.17) is 5.73 Å². The SMILES string of the molecule is CCCCCCC(=O)N(CCN)CCCC. The molecule has 96 valence electrons. The highest BCUT2D eigenvalue weighted by atomic mass is 16.2. The van der Waals surface area contributed by atoms with Crippen LogP contribution in [0.1, 0.15) is 58.8 Å². The van der Waals surface area contributed by atoms with Gasteiger partial charge in [0.2, 0.25) is 5.91 Å². The van der Waals surface area contributed by atoms with Gasteiger partial charge >= 0.3 is 0 Å². The maximum Gasteiger partial charge on any atom is 0.222 e. The summed E-state index contributed by atoms with van der Waals surface area (Å²) >= 11 is 0. The summed E-state index contributed by atoms with van der Waals surface area (Å²) < 4.78 is 0. The summed E-state index contributed by atoms with van der Waals surface area (Å²) in [6.07, 6.45) is 7.57. The van der Waals surface area contributed by atoms with Crippen LogP contribution in [0.3, 0.4) is 0 Å². The van der Waals surface area contributed by atoms with Crippen molar-refractivity contribution in [2.75, 3.05) is 19.6 Å². The van der Waals surface area contributed by atoms with Gasteiger partial charge in [0.1, 0.15) is 0 Å². The fourth-order valence-corrected chi connectivity index (χ4v) is 1.73. The molecule has 0 aliphatic heterocycles. The molecule has 0 rings (SSSR count). The highest BCUT2D eigenvalue weighted by Crippen LogP contribution is 2.06. The summed E-state index contributed by atoms with van der Waals surface area (Å²) in [7, 11) is 0. The molecule has 0 aliphatic carbocycles. The van der Waals surface area contributed by atoms with Crippen LogP contribution in [0.4, 0.5) is 0 Å². The van der Waals surface area contributed by atoms with E-state index in [9.17, 15) is 4.79 Å². The molecule has 0 saturated carbocycles. The summed E-state index contributed by atoms with van der Waals surface area (Å²) in [6, 6.07) is 0. The van der Waals surface area contributed by atoms with E-state index in [0.29, 0.717) is 19.5 Å². The number of amides is 1. The minimum atomic E-state index is 0.287. The third-order valence-corrected chi connectivity index (χ3v) is 2.78. The van der Waals surface area contributed by atoms with E-state index in [1.807, 2.05) is 4.90 Å². The molecular weight excluding hydrogens is 200 g/mol. The quantitative estimate of drug-likeness (QED) is 0.584. The Labute approximate surface area is 100 Å². The number of rotatable bonds is 10. The highest BCUT2D eigenvalue weighted by Gasteiger charge is 2.10. The number of nitrogens with zero attached hydrogens (tertiary/aromatic N) is 1. The number of carbonyl (C=O) groups excluding carboxylic acids is 1. The third kappa shape index (κ3) is 7.69. The third-order valence-electron chi connectivity index (χ3n) is 2.78. The van der Waals surface area contributed by atoms with Crippen molar-refractivity contribution in [3.05, 3.63) is 0 Å². The van der Waals surface area contributed by atoms with Gasteiger partial charge in [0.15, 0.2) is 0 Å². The van der Waals surface area contributed by atoms with E-state index in [-0.39, 0.29) is 5.91 Å². The van der Waals surface area contributed by atoms with Crippen LogP contribution < -0.4 is 5.73 Å². The van der Waals surface area contributed by atoms with Gasteiger partial charge in [-0.1, -0.05) is 39.5 Å². The predicted octanol–water partition coefficient (Wildman–Crippen LogP) is 2.54. The van der Waals surface area contributed by atoms with Gasteiger partial charge in [0, 0.05) is 26.1 Å². The monoisotopic (exact) mass is 228 g/mol. The van der Waals surface area contributed by atoms with Crippen LogP contribution in [0.15, 0.2) is 0 Å². The summed E-state index contributed by atoms with van der Waals surface area (Å²) in [5.41, 5.74) is 5.52. The van der Waals surface area contributed by atoms with Gasteiger partial charge in [-0.05, 0) is 12.8 Å². The van der Waals surface area contributed by atoms with E-state index in [1.165, 1.54) is 19.3 Å². The molecule has 0 bridgehead atoms. The van der Waals surface area contributed by atoms with E-state index >= 15 is 0 Å². The lowest BCUT2D eigenvalue weighted by molar-refractivity contribution is -0.131. The van der Waals surface area contributed by atoms with Gasteiger partial charge in [0.05, 0.1) is 0 Å². The second-order valence-electron chi connectivity index (χ2n) is 4.33. The number of carbonyl (C=O) groups is 1. The molecule has 0 unspecified atom stereocenters. The van der Waals surface area contributed by atoms with Gasteiger partial charge in [0.25, 0.3) is 0 Å². The van der Waals surface area contributed by atoms with Crippen molar-refractivity contribution in [1.82, 2.24) is 4.90 Å². The van der Waals surface area contributed by atoms with Crippen LogP contribution in [0, 0.1) is 0 Å². The van der Waals surface area contributed by atoms with Crippen LogP contribution >= 0.6 is 0 Å². The zero-order chi connectivity index (χ0) is 12.2. The van der Waals surface area contributed by atoms with Crippen LogP contribution in [0.2, 0.25) is 0 Å². The average Bonchev–Trinajstić information content (AvgIpc) is 2.29. The van der Waals surface area contributed by atoms with Gasteiger partial charge in [-0.15, -0.1) is 0 Å². The predicted molar refractivity (Wildman–Crippen MR) is 69.3 cm³/mol. The van der Waals surface area contributed by atoms with Crippen molar-refractivity contribution in [1.29, 1.82) is 0 Å². The van der Waals surface area contributed by atoms with Crippen LogP contribution in [-0.2, 0) is 4.79 Å². The first kappa shape index (κ1) is 15.4. The number of nitrogens with two attached hydrogens (primary N) is 1. The van der Waals surface area contributed by atoms with E-state index in [1.54, 1.807) is 0 Å². The van der Waals surface area contributed by atoms with Crippen molar-refractivity contribution in [3.63, 3.8) is 0 Å². The second-order valence-corrected chi connectivity index (χ2v) is 4.33. The smallest absolute Gasteiger partial charge is 0.222 e. The summed E-state index contributed by atoms with van der Waals surface area (Å²) in [6.45, 7) is 6.49. The summed E-state index contributed by atoms with van der Waals surface area (Å²) in [5.74, 6) is 0.287. The fraction of sp³-hybridized carbons (Fsp3) is 0.923. The normalized spacial score (nSPS) is 10.4. The lowest BCUT2D eigenvalue weighted by atomic mass is 10.1. The Morgan fingerprint density at radius 3 is 2.25 bits per heavy atom. The topological polar surface area (TPSA) is 46.3 Å². The minimum absolute atomic E-state index is 0.287. The summed E-state index contributed by atoms with van der Waals surface area (Å²) in [5, 5.41) is 0. The van der Waals surface area contributed by atoms with Crippen LogP contribution in [-0.4, -0.2) is 30.4 Å². The molecule has 16 heavy (non-hydrogen) atoms. The number of hydrogen-bond acceptors (Lipinski definition) is 2. The molecule has 0 saturated heterocycles. The van der Waals surface area contributed by atoms with E-state index in [0.717, 1.165) is 25.8 Å². The highest BCUT2D eigenvalue weighted by molar-refractivity contribution is 5.76. The van der Waals surface area contributed by atoms with Gasteiger partial charge in [-0.2, -0.15) is 0 Å². The van der Waals surface area contributed by atoms with Gasteiger partial charge < -0.3 is 10.6 Å². The molecular formula is C13H28N2O. The number of hydrogen-bond donors (Lipinski definition) is 1.